The Kier molecular flexibility index (Phi) is 6.39. The van der Waals surface area contributed by atoms with Crippen molar-refractivity contribution in [2.45, 2.75) is 13.3 Å². The molecule has 3 aliphatic rings. The van der Waals surface area contributed by atoms with Gasteiger partial charge < -0.3 is 4.74 Å². The van der Waals surface area contributed by atoms with Crippen molar-refractivity contribution in [1.29, 1.82) is 0 Å². The number of carbonyl (C=O) groups is 4. The van der Waals surface area contributed by atoms with Crippen LogP contribution in [0.5, 0.6) is 0 Å². The van der Waals surface area contributed by atoms with E-state index in [1.54, 1.807) is 54.6 Å². The number of hydrogen-bond donors (Lipinski definition) is 0. The molecule has 1 aliphatic heterocycles. The summed E-state index contributed by atoms with van der Waals surface area (Å²) in [6.07, 6.45) is 5.04. The van der Waals surface area contributed by atoms with Gasteiger partial charge in [-0.05, 0) is 67.6 Å². The van der Waals surface area contributed by atoms with Gasteiger partial charge in [-0.2, -0.15) is 0 Å². The van der Waals surface area contributed by atoms with E-state index >= 15 is 0 Å². The minimum atomic E-state index is -0.626. The Morgan fingerprint density at radius 3 is 2.24 bits per heavy atom. The molecule has 8 heteroatoms. The second-order valence-electron chi connectivity index (χ2n) is 11.1. The highest BCUT2D eigenvalue weighted by Gasteiger charge is 2.59. The number of imide groups is 1. The van der Waals surface area contributed by atoms with Crippen molar-refractivity contribution in [3.8, 4) is 11.3 Å². The SMILES string of the molecule is Cc1ccc2nc(-c3ccc(N4C(=O)[C@@H]5[C@H](C4=O)[C@H]4C=C[C@H]5C4)cc3)cc(C(=O)OCC(=O)c3ccc(Br)cc3)c2c1. The summed E-state index contributed by atoms with van der Waals surface area (Å²) in [7, 11) is 0. The molecule has 3 aromatic carbocycles. The Morgan fingerprint density at radius 1 is 0.905 bits per heavy atom. The van der Waals surface area contributed by atoms with Crippen molar-refractivity contribution in [2.75, 3.05) is 11.5 Å². The van der Waals surface area contributed by atoms with Gasteiger partial charge in [0.05, 0.1) is 34.3 Å². The second-order valence-corrected chi connectivity index (χ2v) is 12.1. The van der Waals surface area contributed by atoms with Crippen LogP contribution in [0.1, 0.15) is 32.7 Å². The maximum atomic E-state index is 13.3. The number of carbonyl (C=O) groups excluding carboxylic acids is 4. The third-order valence-corrected chi connectivity index (χ3v) is 9.10. The zero-order valence-corrected chi connectivity index (χ0v) is 24.2. The van der Waals surface area contributed by atoms with Crippen LogP contribution in [0.25, 0.3) is 22.2 Å². The van der Waals surface area contributed by atoms with Crippen molar-refractivity contribution in [3.05, 3.63) is 106 Å². The van der Waals surface area contributed by atoms with E-state index in [1.165, 1.54) is 4.90 Å². The lowest BCUT2D eigenvalue weighted by atomic mass is 9.85. The molecule has 1 saturated carbocycles. The number of aromatic nitrogens is 1. The fraction of sp³-hybridized carbons (Fsp3) is 0.206. The van der Waals surface area contributed by atoms with Crippen LogP contribution in [0.2, 0.25) is 0 Å². The van der Waals surface area contributed by atoms with Crippen molar-refractivity contribution < 1.29 is 23.9 Å². The third-order valence-electron chi connectivity index (χ3n) is 8.58. The van der Waals surface area contributed by atoms with E-state index in [-0.39, 0.29) is 41.3 Å². The van der Waals surface area contributed by atoms with Gasteiger partial charge in [-0.25, -0.2) is 9.78 Å². The molecule has 2 bridgehead atoms. The molecule has 42 heavy (non-hydrogen) atoms. The Bertz CT molecular complexity index is 1800. The normalized spacial score (nSPS) is 22.2. The van der Waals surface area contributed by atoms with E-state index in [1.807, 2.05) is 25.1 Å². The topological polar surface area (TPSA) is 93.6 Å². The first-order chi connectivity index (χ1) is 20.3. The molecule has 1 saturated heterocycles. The predicted octanol–water partition coefficient (Wildman–Crippen LogP) is 6.32. The summed E-state index contributed by atoms with van der Waals surface area (Å²) in [5, 5.41) is 0.625. The number of rotatable bonds is 6. The van der Waals surface area contributed by atoms with Gasteiger partial charge in [-0.15, -0.1) is 0 Å². The Balaban J connectivity index is 1.16. The molecule has 208 valence electrons. The average Bonchev–Trinajstić information content (AvgIpc) is 3.69. The van der Waals surface area contributed by atoms with Gasteiger partial charge in [0.15, 0.2) is 12.4 Å². The number of hydrogen-bond acceptors (Lipinski definition) is 6. The highest BCUT2D eigenvalue weighted by Crippen LogP contribution is 2.53. The molecule has 7 nitrogen and oxygen atoms in total. The molecule has 4 atom stereocenters. The van der Waals surface area contributed by atoms with Crippen LogP contribution in [0, 0.1) is 30.6 Å². The summed E-state index contributed by atoms with van der Waals surface area (Å²) in [5.74, 6) is -1.42. The maximum absolute atomic E-state index is 13.3. The van der Waals surface area contributed by atoms with E-state index in [0.717, 1.165) is 16.5 Å². The number of benzene rings is 3. The average molecular weight is 621 g/mol. The molecule has 1 aromatic heterocycles. The fourth-order valence-corrected chi connectivity index (χ4v) is 6.79. The molecule has 0 N–H and O–H groups in total. The summed E-state index contributed by atoms with van der Waals surface area (Å²) in [6, 6.07) is 21.2. The number of Topliss-reactive ketones (excluding diaryl/α,β-unsaturated/α-hetero) is 1. The molecular formula is C34H25BrN2O5. The second kappa shape index (κ2) is 10.1. The summed E-state index contributed by atoms with van der Waals surface area (Å²) in [5.41, 5.74) is 4.08. The van der Waals surface area contributed by atoms with Crippen LogP contribution in [0.3, 0.4) is 0 Å². The standard InChI is InChI=1S/C34H25BrN2O5/c1-18-2-13-27-25(14-18)26(34(41)42-17-29(38)20-5-9-23(35)10-6-20)16-28(36-27)19-7-11-24(12-8-19)37-32(39)30-21-3-4-22(15-21)31(30)33(37)40/h2-14,16,21-22,30-31H,15,17H2,1H3/t21-,22-,30-,31+/m0/s1. The van der Waals surface area contributed by atoms with Crippen LogP contribution >= 0.6 is 15.9 Å². The van der Waals surface area contributed by atoms with Crippen molar-refractivity contribution in [3.63, 3.8) is 0 Å². The van der Waals surface area contributed by atoms with Gasteiger partial charge in [0.1, 0.15) is 0 Å². The maximum Gasteiger partial charge on any atom is 0.339 e. The zero-order valence-electron chi connectivity index (χ0n) is 22.6. The summed E-state index contributed by atoms with van der Waals surface area (Å²) < 4.78 is 6.32. The van der Waals surface area contributed by atoms with Crippen LogP contribution in [0.4, 0.5) is 5.69 Å². The van der Waals surface area contributed by atoms with Gasteiger partial charge in [0.2, 0.25) is 11.8 Å². The number of pyridine rings is 1. The summed E-state index contributed by atoms with van der Waals surface area (Å²) >= 11 is 3.35. The van der Waals surface area contributed by atoms with Crippen LogP contribution < -0.4 is 4.90 Å². The monoisotopic (exact) mass is 620 g/mol. The largest absolute Gasteiger partial charge is 0.454 e. The van der Waals surface area contributed by atoms with Gasteiger partial charge in [0, 0.05) is 21.0 Å². The summed E-state index contributed by atoms with van der Waals surface area (Å²) in [6.45, 7) is 1.53. The van der Waals surface area contributed by atoms with Gasteiger partial charge in [-0.1, -0.05) is 64.0 Å². The van der Waals surface area contributed by atoms with E-state index in [4.69, 9.17) is 9.72 Å². The minimum Gasteiger partial charge on any atom is -0.454 e. The molecule has 2 heterocycles. The number of nitrogens with zero attached hydrogens (tertiary/aromatic N) is 2. The lowest BCUT2D eigenvalue weighted by Crippen LogP contribution is -2.32. The number of ketones is 1. The van der Waals surface area contributed by atoms with E-state index in [2.05, 4.69) is 28.1 Å². The fourth-order valence-electron chi connectivity index (χ4n) is 6.52. The number of aryl methyl sites for hydroxylation is 1. The van der Waals surface area contributed by atoms with Gasteiger partial charge in [0.25, 0.3) is 0 Å². The highest BCUT2D eigenvalue weighted by molar-refractivity contribution is 9.10. The third kappa shape index (κ3) is 4.38. The number of ether oxygens (including phenoxy) is 1. The van der Waals surface area contributed by atoms with Crippen LogP contribution in [-0.4, -0.2) is 35.2 Å². The van der Waals surface area contributed by atoms with Crippen LogP contribution in [0.15, 0.2) is 89.4 Å². The van der Waals surface area contributed by atoms with E-state index in [9.17, 15) is 19.2 Å². The Morgan fingerprint density at radius 2 is 1.57 bits per heavy atom. The van der Waals surface area contributed by atoms with Gasteiger partial charge >= 0.3 is 5.97 Å². The van der Waals surface area contributed by atoms with Crippen LogP contribution in [-0.2, 0) is 14.3 Å². The van der Waals surface area contributed by atoms with Crippen molar-refractivity contribution in [1.82, 2.24) is 4.98 Å². The molecule has 2 fully saturated rings. The smallest absolute Gasteiger partial charge is 0.339 e. The quantitative estimate of drug-likeness (QED) is 0.108. The van der Waals surface area contributed by atoms with E-state index in [0.29, 0.717) is 39.0 Å². The Labute approximate surface area is 250 Å². The zero-order chi connectivity index (χ0) is 29.1. The molecule has 4 aromatic rings. The molecule has 2 amide bonds. The number of amides is 2. The highest BCUT2D eigenvalue weighted by atomic mass is 79.9. The van der Waals surface area contributed by atoms with Gasteiger partial charge in [-0.3, -0.25) is 19.3 Å². The first-order valence-electron chi connectivity index (χ1n) is 13.8. The molecule has 7 rings (SSSR count). The molecule has 0 spiro atoms. The first-order valence-corrected chi connectivity index (χ1v) is 14.6. The lowest BCUT2D eigenvalue weighted by molar-refractivity contribution is -0.123. The van der Waals surface area contributed by atoms with E-state index < -0.39 is 12.6 Å². The van der Waals surface area contributed by atoms with Crippen molar-refractivity contribution >= 4 is 56.1 Å². The molecular weight excluding hydrogens is 596 g/mol. The number of fused-ring (bicyclic) bond motifs is 6. The molecule has 0 unspecified atom stereocenters. The number of esters is 1. The molecule has 0 radical (unpaired) electrons. The lowest BCUT2D eigenvalue weighted by Gasteiger charge is -2.17. The minimum absolute atomic E-state index is 0.128. The summed E-state index contributed by atoms with van der Waals surface area (Å²) in [4.78, 5) is 58.5. The number of halogens is 1. The number of allylic oxidation sites excluding steroid dienone is 2. The predicted molar refractivity (Wildman–Crippen MR) is 161 cm³/mol. The first kappa shape index (κ1) is 26.5. The number of anilines is 1. The van der Waals surface area contributed by atoms with Crippen molar-refractivity contribution in [2.24, 2.45) is 23.7 Å². The molecule has 2 aliphatic carbocycles. The Hall–Kier alpha value is -4.43.